The zero-order valence-electron chi connectivity index (χ0n) is 12.3. The van der Waals surface area contributed by atoms with Gasteiger partial charge in [-0.2, -0.15) is 0 Å². The quantitative estimate of drug-likeness (QED) is 0.501. The van der Waals surface area contributed by atoms with Crippen molar-refractivity contribution in [3.05, 3.63) is 35.5 Å². The van der Waals surface area contributed by atoms with Gasteiger partial charge in [-0.1, -0.05) is 12.1 Å². The van der Waals surface area contributed by atoms with Gasteiger partial charge >= 0.3 is 0 Å². The number of amides is 1. The molecule has 0 aliphatic heterocycles. The molecule has 3 N–H and O–H groups in total. The van der Waals surface area contributed by atoms with E-state index in [-0.39, 0.29) is 11.8 Å². The van der Waals surface area contributed by atoms with Crippen LogP contribution < -0.4 is 16.0 Å². The number of nitrogens with two attached hydrogens (primary N) is 1. The fourth-order valence-corrected chi connectivity index (χ4v) is 1.89. The second-order valence-electron chi connectivity index (χ2n) is 4.82. The van der Waals surface area contributed by atoms with Crippen LogP contribution in [0, 0.1) is 6.92 Å². The maximum Gasteiger partial charge on any atom is 0.287 e. The van der Waals surface area contributed by atoms with E-state index in [1.165, 1.54) is 0 Å². The fraction of sp³-hybridized carbons (Fsp3) is 0.333. The molecule has 1 aromatic carbocycles. The third-order valence-electron chi connectivity index (χ3n) is 3.30. The average molecular weight is 289 g/mol. The Morgan fingerprint density at radius 1 is 1.43 bits per heavy atom. The van der Waals surface area contributed by atoms with Crippen molar-refractivity contribution in [3.8, 4) is 17.1 Å². The van der Waals surface area contributed by atoms with Gasteiger partial charge in [-0.15, -0.1) is 0 Å². The van der Waals surface area contributed by atoms with Crippen molar-refractivity contribution in [2.75, 3.05) is 0 Å². The molecular weight excluding hydrogens is 270 g/mol. The summed E-state index contributed by atoms with van der Waals surface area (Å²) in [6.07, 6.45) is 1.11. The van der Waals surface area contributed by atoms with E-state index < -0.39 is 5.91 Å². The Morgan fingerprint density at radius 2 is 2.10 bits per heavy atom. The standard InChI is InChI=1S/C15H19N3O3/c1-4-9(2)20-12-7-5-11(6-8-12)14-10(3)13(18-21-14)15(19)17-16/h5-9H,4,16H2,1-3H3,(H,17,19). The molecule has 0 aliphatic rings. The van der Waals surface area contributed by atoms with Crippen LogP contribution in [0.2, 0.25) is 0 Å². The highest BCUT2D eigenvalue weighted by atomic mass is 16.5. The maximum atomic E-state index is 11.5. The maximum absolute atomic E-state index is 11.5. The minimum absolute atomic E-state index is 0.169. The Bertz CT molecular complexity index is 620. The van der Waals surface area contributed by atoms with Crippen molar-refractivity contribution in [2.45, 2.75) is 33.3 Å². The van der Waals surface area contributed by atoms with Crippen molar-refractivity contribution in [1.29, 1.82) is 0 Å². The van der Waals surface area contributed by atoms with Gasteiger partial charge < -0.3 is 9.26 Å². The number of rotatable bonds is 5. The molecule has 0 spiro atoms. The van der Waals surface area contributed by atoms with E-state index in [0.29, 0.717) is 11.3 Å². The smallest absolute Gasteiger partial charge is 0.287 e. The topological polar surface area (TPSA) is 90.4 Å². The summed E-state index contributed by atoms with van der Waals surface area (Å²) in [7, 11) is 0. The van der Waals surface area contributed by atoms with Crippen LogP contribution in [0.4, 0.5) is 0 Å². The molecule has 1 unspecified atom stereocenters. The second kappa shape index (κ2) is 6.41. The molecule has 21 heavy (non-hydrogen) atoms. The summed E-state index contributed by atoms with van der Waals surface area (Å²) in [5.41, 5.74) is 3.70. The van der Waals surface area contributed by atoms with Crippen LogP contribution in [0.15, 0.2) is 28.8 Å². The first-order valence-corrected chi connectivity index (χ1v) is 6.81. The summed E-state index contributed by atoms with van der Waals surface area (Å²) < 4.78 is 11.0. The van der Waals surface area contributed by atoms with Crippen LogP contribution in [0.25, 0.3) is 11.3 Å². The SMILES string of the molecule is CCC(C)Oc1ccc(-c2onc(C(=O)NN)c2C)cc1. The summed E-state index contributed by atoms with van der Waals surface area (Å²) >= 11 is 0. The molecule has 0 radical (unpaired) electrons. The largest absolute Gasteiger partial charge is 0.491 e. The molecule has 112 valence electrons. The van der Waals surface area contributed by atoms with Crippen LogP contribution in [0.3, 0.4) is 0 Å². The van der Waals surface area contributed by atoms with Gasteiger partial charge in [-0.3, -0.25) is 10.2 Å². The predicted octanol–water partition coefficient (Wildman–Crippen LogP) is 2.43. The highest BCUT2D eigenvalue weighted by Gasteiger charge is 2.18. The zero-order valence-corrected chi connectivity index (χ0v) is 12.3. The second-order valence-corrected chi connectivity index (χ2v) is 4.82. The predicted molar refractivity (Wildman–Crippen MR) is 78.7 cm³/mol. The molecule has 1 aromatic heterocycles. The summed E-state index contributed by atoms with van der Waals surface area (Å²) in [4.78, 5) is 11.5. The van der Waals surface area contributed by atoms with Gasteiger partial charge in [-0.25, -0.2) is 5.84 Å². The van der Waals surface area contributed by atoms with Crippen molar-refractivity contribution in [2.24, 2.45) is 5.84 Å². The lowest BCUT2D eigenvalue weighted by molar-refractivity contribution is 0.0944. The third kappa shape index (κ3) is 3.22. The number of hydrogen-bond acceptors (Lipinski definition) is 5. The number of carbonyl (C=O) groups is 1. The van der Waals surface area contributed by atoms with Crippen molar-refractivity contribution in [3.63, 3.8) is 0 Å². The molecule has 0 aliphatic carbocycles. The van der Waals surface area contributed by atoms with E-state index in [9.17, 15) is 4.79 Å². The number of aromatic nitrogens is 1. The molecular formula is C15H19N3O3. The molecule has 1 atom stereocenters. The van der Waals surface area contributed by atoms with Gasteiger partial charge in [0, 0.05) is 11.1 Å². The molecule has 2 aromatic rings. The number of ether oxygens (including phenoxy) is 1. The molecule has 6 heteroatoms. The molecule has 0 saturated carbocycles. The first kappa shape index (κ1) is 15.1. The summed E-state index contributed by atoms with van der Waals surface area (Å²) in [6, 6.07) is 7.48. The van der Waals surface area contributed by atoms with Crippen LogP contribution in [-0.4, -0.2) is 17.2 Å². The van der Waals surface area contributed by atoms with Crippen molar-refractivity contribution >= 4 is 5.91 Å². The number of nitrogens with one attached hydrogen (secondary N) is 1. The molecule has 0 fully saturated rings. The number of hydrogen-bond donors (Lipinski definition) is 2. The molecule has 1 heterocycles. The summed E-state index contributed by atoms with van der Waals surface area (Å²) in [5, 5.41) is 3.75. The molecule has 6 nitrogen and oxygen atoms in total. The Kier molecular flexibility index (Phi) is 4.59. The van der Waals surface area contributed by atoms with Crippen LogP contribution >= 0.6 is 0 Å². The van der Waals surface area contributed by atoms with Crippen LogP contribution in [-0.2, 0) is 0 Å². The Labute approximate surface area is 123 Å². The number of nitrogens with zero attached hydrogens (tertiary/aromatic N) is 1. The summed E-state index contributed by atoms with van der Waals surface area (Å²) in [5.74, 6) is 5.97. The van der Waals surface area contributed by atoms with E-state index >= 15 is 0 Å². The fourth-order valence-electron chi connectivity index (χ4n) is 1.89. The normalized spacial score (nSPS) is 12.0. The van der Waals surface area contributed by atoms with Gasteiger partial charge in [0.1, 0.15) is 5.75 Å². The van der Waals surface area contributed by atoms with Gasteiger partial charge in [-0.05, 0) is 44.5 Å². The minimum Gasteiger partial charge on any atom is -0.491 e. The number of nitrogen functional groups attached to an aromatic ring is 1. The van der Waals surface area contributed by atoms with Gasteiger partial charge in [0.05, 0.1) is 6.10 Å². The lowest BCUT2D eigenvalue weighted by atomic mass is 10.1. The Balaban J connectivity index is 2.23. The Hall–Kier alpha value is -2.34. The van der Waals surface area contributed by atoms with E-state index in [0.717, 1.165) is 17.7 Å². The third-order valence-corrected chi connectivity index (χ3v) is 3.30. The Morgan fingerprint density at radius 3 is 2.67 bits per heavy atom. The molecule has 0 saturated heterocycles. The monoisotopic (exact) mass is 289 g/mol. The van der Waals surface area contributed by atoms with E-state index in [2.05, 4.69) is 12.1 Å². The van der Waals surface area contributed by atoms with Crippen LogP contribution in [0.5, 0.6) is 5.75 Å². The van der Waals surface area contributed by atoms with Crippen molar-refractivity contribution < 1.29 is 14.1 Å². The average Bonchev–Trinajstić information content (AvgIpc) is 2.89. The van der Waals surface area contributed by atoms with E-state index in [1.807, 2.05) is 36.6 Å². The molecule has 1 amide bonds. The van der Waals surface area contributed by atoms with E-state index in [1.54, 1.807) is 6.92 Å². The van der Waals surface area contributed by atoms with Gasteiger partial charge in [0.15, 0.2) is 11.5 Å². The lowest BCUT2D eigenvalue weighted by Gasteiger charge is -2.12. The van der Waals surface area contributed by atoms with Gasteiger partial charge in [0.25, 0.3) is 5.91 Å². The van der Waals surface area contributed by atoms with Crippen LogP contribution in [0.1, 0.15) is 36.3 Å². The van der Waals surface area contributed by atoms with Gasteiger partial charge in [0.2, 0.25) is 0 Å². The molecule has 2 rings (SSSR count). The minimum atomic E-state index is -0.473. The summed E-state index contributed by atoms with van der Waals surface area (Å²) in [6.45, 7) is 5.85. The first-order valence-electron chi connectivity index (χ1n) is 6.81. The number of benzene rings is 1. The molecule has 0 bridgehead atoms. The highest BCUT2D eigenvalue weighted by Crippen LogP contribution is 2.27. The zero-order chi connectivity index (χ0) is 15.4. The van der Waals surface area contributed by atoms with Crippen molar-refractivity contribution in [1.82, 2.24) is 10.6 Å². The highest BCUT2D eigenvalue weighted by molar-refractivity contribution is 5.94. The first-order chi connectivity index (χ1) is 10.1. The lowest BCUT2D eigenvalue weighted by Crippen LogP contribution is -2.30. The van der Waals surface area contributed by atoms with E-state index in [4.69, 9.17) is 15.1 Å². The number of carbonyl (C=O) groups excluding carboxylic acids is 1. The number of hydrazine groups is 1.